The first-order chi connectivity index (χ1) is 10.0. The number of Topliss-reactive ketones (excluding diaryl/α,β-unsaturated/α-hetero) is 1. The van der Waals surface area contributed by atoms with Crippen LogP contribution in [0.1, 0.15) is 49.7 Å². The fourth-order valence-electron chi connectivity index (χ4n) is 5.42. The highest BCUT2D eigenvalue weighted by atomic mass is 16.3. The van der Waals surface area contributed by atoms with Crippen molar-refractivity contribution < 1.29 is 15.0 Å². The van der Waals surface area contributed by atoms with Gasteiger partial charge >= 0.3 is 0 Å². The number of fused-ring (bicyclic) bond motifs is 5. The Morgan fingerprint density at radius 3 is 2.86 bits per heavy atom. The van der Waals surface area contributed by atoms with Crippen LogP contribution in [0.5, 0.6) is 5.75 Å². The zero-order valence-electron chi connectivity index (χ0n) is 12.4. The molecule has 2 saturated carbocycles. The lowest BCUT2D eigenvalue weighted by Crippen LogP contribution is -2.48. The lowest BCUT2D eigenvalue weighted by atomic mass is 9.54. The minimum atomic E-state index is -0.443. The van der Waals surface area contributed by atoms with Crippen LogP contribution < -0.4 is 0 Å². The molecular weight excluding hydrogens is 264 g/mol. The van der Waals surface area contributed by atoms with Crippen LogP contribution in [0.2, 0.25) is 0 Å². The zero-order valence-corrected chi connectivity index (χ0v) is 12.4. The molecule has 0 bridgehead atoms. The predicted molar refractivity (Wildman–Crippen MR) is 79.1 cm³/mol. The summed E-state index contributed by atoms with van der Waals surface area (Å²) in [5.74, 6) is 1.61. The molecular formula is C18H22O3. The molecule has 0 heterocycles. The van der Waals surface area contributed by atoms with E-state index in [0.717, 1.165) is 19.3 Å². The number of carbonyl (C=O) groups excluding carboxylic acids is 1. The maximum absolute atomic E-state index is 12.3. The minimum absolute atomic E-state index is 0.137. The van der Waals surface area contributed by atoms with E-state index in [4.69, 9.17) is 0 Å². The number of rotatable bonds is 0. The first-order valence-corrected chi connectivity index (χ1v) is 8.04. The second-order valence-corrected chi connectivity index (χ2v) is 7.37. The summed E-state index contributed by atoms with van der Waals surface area (Å²) in [6, 6.07) is 5.54. The summed E-state index contributed by atoms with van der Waals surface area (Å²) in [5, 5.41) is 20.4. The molecule has 0 radical (unpaired) electrons. The Morgan fingerprint density at radius 1 is 1.24 bits per heavy atom. The molecule has 3 aliphatic carbocycles. The fourth-order valence-corrected chi connectivity index (χ4v) is 5.42. The van der Waals surface area contributed by atoms with Crippen molar-refractivity contribution in [2.45, 2.75) is 51.0 Å². The van der Waals surface area contributed by atoms with Crippen molar-refractivity contribution >= 4 is 5.78 Å². The van der Waals surface area contributed by atoms with Gasteiger partial charge in [-0.25, -0.2) is 0 Å². The molecule has 5 atom stereocenters. The van der Waals surface area contributed by atoms with Gasteiger partial charge in [-0.2, -0.15) is 0 Å². The van der Waals surface area contributed by atoms with Gasteiger partial charge in [0.15, 0.2) is 0 Å². The number of hydrogen-bond acceptors (Lipinski definition) is 3. The molecule has 1 aromatic carbocycles. The van der Waals surface area contributed by atoms with Crippen LogP contribution in [0.15, 0.2) is 18.2 Å². The van der Waals surface area contributed by atoms with E-state index in [-0.39, 0.29) is 11.3 Å². The van der Waals surface area contributed by atoms with E-state index in [2.05, 4.69) is 6.92 Å². The molecule has 3 nitrogen and oxygen atoms in total. The highest BCUT2D eigenvalue weighted by Gasteiger charge is 2.57. The fraction of sp³-hybridized carbons (Fsp3) is 0.611. The van der Waals surface area contributed by atoms with Crippen LogP contribution in [0, 0.1) is 17.3 Å². The smallest absolute Gasteiger partial charge is 0.139 e. The molecule has 0 saturated heterocycles. The topological polar surface area (TPSA) is 57.5 Å². The Hall–Kier alpha value is -1.35. The molecule has 0 aromatic heterocycles. The lowest BCUT2D eigenvalue weighted by molar-refractivity contribution is -0.133. The van der Waals surface area contributed by atoms with Crippen LogP contribution >= 0.6 is 0 Å². The third kappa shape index (κ3) is 1.73. The first-order valence-electron chi connectivity index (χ1n) is 8.04. The Bertz CT molecular complexity index is 608. The number of aliphatic hydroxyl groups excluding tert-OH is 1. The molecule has 2 fully saturated rings. The minimum Gasteiger partial charge on any atom is -0.508 e. The van der Waals surface area contributed by atoms with Gasteiger partial charge in [0.2, 0.25) is 0 Å². The third-order valence-corrected chi connectivity index (χ3v) is 6.40. The van der Waals surface area contributed by atoms with Crippen molar-refractivity contribution in [1.82, 2.24) is 0 Å². The summed E-state index contributed by atoms with van der Waals surface area (Å²) >= 11 is 0. The Morgan fingerprint density at radius 2 is 2.05 bits per heavy atom. The molecule has 2 N–H and O–H groups in total. The predicted octanol–water partition coefficient (Wildman–Crippen LogP) is 2.79. The molecule has 112 valence electrons. The molecule has 0 unspecified atom stereocenters. The van der Waals surface area contributed by atoms with Crippen LogP contribution in [-0.2, 0) is 11.2 Å². The van der Waals surface area contributed by atoms with Crippen molar-refractivity contribution in [2.24, 2.45) is 17.3 Å². The molecule has 0 aliphatic heterocycles. The van der Waals surface area contributed by atoms with Gasteiger partial charge in [0.25, 0.3) is 0 Å². The molecule has 0 spiro atoms. The lowest BCUT2D eigenvalue weighted by Gasteiger charge is -2.50. The van der Waals surface area contributed by atoms with Gasteiger partial charge in [-0.05, 0) is 60.8 Å². The monoisotopic (exact) mass is 286 g/mol. The second-order valence-electron chi connectivity index (χ2n) is 7.37. The van der Waals surface area contributed by atoms with Crippen LogP contribution in [0.3, 0.4) is 0 Å². The number of aliphatic hydroxyl groups is 1. The number of ketones is 1. The average molecular weight is 286 g/mol. The maximum atomic E-state index is 12.3. The molecule has 4 rings (SSSR count). The van der Waals surface area contributed by atoms with Crippen molar-refractivity contribution in [2.75, 3.05) is 0 Å². The second kappa shape index (κ2) is 4.33. The van der Waals surface area contributed by atoms with E-state index in [1.165, 1.54) is 11.1 Å². The van der Waals surface area contributed by atoms with E-state index in [0.29, 0.717) is 36.2 Å². The highest BCUT2D eigenvalue weighted by Crippen LogP contribution is 2.59. The SMILES string of the molecule is C[C@]12C[C@H](O)[C@@H]3c4ccc(O)cc4CC[C@@H]3[C@@H]1CCC2=O. The summed E-state index contributed by atoms with van der Waals surface area (Å²) in [6.07, 6.45) is 3.78. The summed E-state index contributed by atoms with van der Waals surface area (Å²) in [5.41, 5.74) is 2.05. The van der Waals surface area contributed by atoms with Gasteiger partial charge < -0.3 is 10.2 Å². The van der Waals surface area contributed by atoms with Crippen molar-refractivity contribution in [3.05, 3.63) is 29.3 Å². The van der Waals surface area contributed by atoms with Gasteiger partial charge in [0.05, 0.1) is 6.10 Å². The normalized spacial score (nSPS) is 41.3. The van der Waals surface area contributed by atoms with Gasteiger partial charge in [-0.1, -0.05) is 13.0 Å². The van der Waals surface area contributed by atoms with E-state index in [9.17, 15) is 15.0 Å². The van der Waals surface area contributed by atoms with E-state index < -0.39 is 6.10 Å². The standard InChI is InChI=1S/C18H22O3/c1-18-9-15(20)17-12-5-3-11(19)8-10(12)2-4-13(17)14(18)6-7-16(18)21/h3,5,8,13-15,17,19-20H,2,4,6-7,9H2,1H3/t13-,14+,15+,17-,18+/m1/s1. The molecule has 0 amide bonds. The number of phenols is 1. The van der Waals surface area contributed by atoms with Gasteiger partial charge in [0, 0.05) is 17.8 Å². The number of aryl methyl sites for hydroxylation is 1. The largest absolute Gasteiger partial charge is 0.508 e. The van der Waals surface area contributed by atoms with Gasteiger partial charge in [0.1, 0.15) is 11.5 Å². The summed E-state index contributed by atoms with van der Waals surface area (Å²) in [7, 11) is 0. The van der Waals surface area contributed by atoms with E-state index >= 15 is 0 Å². The number of benzene rings is 1. The quantitative estimate of drug-likeness (QED) is 0.771. The zero-order chi connectivity index (χ0) is 14.8. The number of carbonyl (C=O) groups is 1. The number of aromatic hydroxyl groups is 1. The summed E-state index contributed by atoms with van der Waals surface area (Å²) in [4.78, 5) is 12.3. The average Bonchev–Trinajstić information content (AvgIpc) is 2.74. The van der Waals surface area contributed by atoms with Crippen LogP contribution in [0.25, 0.3) is 0 Å². The first kappa shape index (κ1) is 13.3. The van der Waals surface area contributed by atoms with Crippen LogP contribution in [-0.4, -0.2) is 22.1 Å². The van der Waals surface area contributed by atoms with Crippen LogP contribution in [0.4, 0.5) is 0 Å². The molecule has 3 heteroatoms. The molecule has 1 aromatic rings. The third-order valence-electron chi connectivity index (χ3n) is 6.40. The maximum Gasteiger partial charge on any atom is 0.139 e. The molecule has 21 heavy (non-hydrogen) atoms. The highest BCUT2D eigenvalue weighted by molar-refractivity contribution is 5.87. The van der Waals surface area contributed by atoms with Gasteiger partial charge in [-0.3, -0.25) is 4.79 Å². The van der Waals surface area contributed by atoms with Gasteiger partial charge in [-0.15, -0.1) is 0 Å². The van der Waals surface area contributed by atoms with E-state index in [1.807, 2.05) is 12.1 Å². The number of phenolic OH excluding ortho intramolecular Hbond substituents is 1. The van der Waals surface area contributed by atoms with E-state index in [1.54, 1.807) is 6.07 Å². The Balaban J connectivity index is 1.78. The number of hydrogen-bond donors (Lipinski definition) is 2. The summed E-state index contributed by atoms with van der Waals surface area (Å²) in [6.45, 7) is 2.07. The Kier molecular flexibility index (Phi) is 2.74. The van der Waals surface area contributed by atoms with Crippen molar-refractivity contribution in [1.29, 1.82) is 0 Å². The Labute approximate surface area is 125 Å². The molecule has 3 aliphatic rings. The summed E-state index contributed by atoms with van der Waals surface area (Å²) < 4.78 is 0. The van der Waals surface area contributed by atoms with Crippen molar-refractivity contribution in [3.63, 3.8) is 0 Å². The van der Waals surface area contributed by atoms with Crippen molar-refractivity contribution in [3.8, 4) is 5.75 Å².